The van der Waals surface area contributed by atoms with Crippen molar-refractivity contribution < 1.29 is 4.39 Å². The minimum absolute atomic E-state index is 0.245. The highest BCUT2D eigenvalue weighted by Crippen LogP contribution is 2.24. The molecule has 0 fully saturated rings. The van der Waals surface area contributed by atoms with Crippen LogP contribution in [0.5, 0.6) is 0 Å². The quantitative estimate of drug-likeness (QED) is 0.613. The largest absolute Gasteiger partial charge is 0.347 e. The highest BCUT2D eigenvalue weighted by molar-refractivity contribution is 6.01. The molecule has 0 spiro atoms. The standard InChI is InChI=1S/C17H15FN2/c1-12-16(11-19-14-9-7-13(18)8-10-14)15-5-3-4-6-17(15)20(12)2/h3-11H,1-2H3. The Morgan fingerprint density at radius 2 is 1.75 bits per heavy atom. The van der Waals surface area contributed by atoms with Crippen LogP contribution in [0, 0.1) is 12.7 Å². The van der Waals surface area contributed by atoms with Crippen LogP contribution in [0.2, 0.25) is 0 Å². The van der Waals surface area contributed by atoms with Crippen molar-refractivity contribution in [1.29, 1.82) is 0 Å². The van der Waals surface area contributed by atoms with Gasteiger partial charge in [-0.05, 0) is 37.3 Å². The molecule has 0 aliphatic carbocycles. The van der Waals surface area contributed by atoms with Gasteiger partial charge >= 0.3 is 0 Å². The molecule has 2 aromatic carbocycles. The van der Waals surface area contributed by atoms with Crippen molar-refractivity contribution in [1.82, 2.24) is 4.57 Å². The first-order valence-electron chi connectivity index (χ1n) is 6.50. The Balaban J connectivity index is 2.06. The van der Waals surface area contributed by atoms with E-state index >= 15 is 0 Å². The highest BCUT2D eigenvalue weighted by Gasteiger charge is 2.08. The summed E-state index contributed by atoms with van der Waals surface area (Å²) in [6.07, 6.45) is 1.85. The third-order valence-corrected chi connectivity index (χ3v) is 3.62. The average molecular weight is 266 g/mol. The Morgan fingerprint density at radius 3 is 2.50 bits per heavy atom. The Labute approximate surface area is 117 Å². The number of nitrogens with zero attached hydrogens (tertiary/aromatic N) is 2. The van der Waals surface area contributed by atoms with Gasteiger partial charge in [0, 0.05) is 35.4 Å². The van der Waals surface area contributed by atoms with Gasteiger partial charge in [0.1, 0.15) is 5.82 Å². The van der Waals surface area contributed by atoms with Crippen LogP contribution in [-0.2, 0) is 7.05 Å². The van der Waals surface area contributed by atoms with Crippen LogP contribution in [0.15, 0.2) is 53.5 Å². The van der Waals surface area contributed by atoms with E-state index < -0.39 is 0 Å². The van der Waals surface area contributed by atoms with Crippen LogP contribution in [0.3, 0.4) is 0 Å². The van der Waals surface area contributed by atoms with E-state index in [0.29, 0.717) is 0 Å². The molecule has 3 aromatic rings. The zero-order chi connectivity index (χ0) is 14.1. The predicted octanol–water partition coefficient (Wildman–Crippen LogP) is 4.38. The fraction of sp³-hybridized carbons (Fsp3) is 0.118. The van der Waals surface area contributed by atoms with E-state index in [9.17, 15) is 4.39 Å². The third kappa shape index (κ3) is 2.11. The number of para-hydroxylation sites is 1. The Morgan fingerprint density at radius 1 is 1.05 bits per heavy atom. The van der Waals surface area contributed by atoms with Crippen molar-refractivity contribution in [2.75, 3.05) is 0 Å². The molecule has 0 bridgehead atoms. The number of halogens is 1. The Kier molecular flexibility index (Phi) is 3.11. The predicted molar refractivity (Wildman–Crippen MR) is 81.3 cm³/mol. The second-order valence-corrected chi connectivity index (χ2v) is 4.81. The summed E-state index contributed by atoms with van der Waals surface area (Å²) in [5.74, 6) is -0.245. The van der Waals surface area contributed by atoms with Gasteiger partial charge in [-0.15, -0.1) is 0 Å². The van der Waals surface area contributed by atoms with Crippen molar-refractivity contribution in [3.8, 4) is 0 Å². The Hall–Kier alpha value is -2.42. The first kappa shape index (κ1) is 12.6. The summed E-state index contributed by atoms with van der Waals surface area (Å²) in [5, 5.41) is 1.18. The van der Waals surface area contributed by atoms with E-state index in [1.807, 2.05) is 25.4 Å². The number of benzene rings is 2. The van der Waals surface area contributed by atoms with Crippen molar-refractivity contribution in [3.05, 3.63) is 65.6 Å². The van der Waals surface area contributed by atoms with Crippen molar-refractivity contribution in [2.24, 2.45) is 12.0 Å². The van der Waals surface area contributed by atoms with Gasteiger partial charge in [0.15, 0.2) is 0 Å². The number of hydrogen-bond donors (Lipinski definition) is 0. The molecule has 3 heteroatoms. The summed E-state index contributed by atoms with van der Waals surface area (Å²) in [5.41, 5.74) is 4.20. The van der Waals surface area contributed by atoms with E-state index in [1.165, 1.54) is 23.0 Å². The maximum Gasteiger partial charge on any atom is 0.123 e. The summed E-state index contributed by atoms with van der Waals surface area (Å²) < 4.78 is 15.0. The molecule has 0 amide bonds. The summed E-state index contributed by atoms with van der Waals surface area (Å²) in [6.45, 7) is 2.08. The second kappa shape index (κ2) is 4.93. The van der Waals surface area contributed by atoms with Gasteiger partial charge in [-0.3, -0.25) is 4.99 Å². The minimum atomic E-state index is -0.245. The van der Waals surface area contributed by atoms with Crippen molar-refractivity contribution in [2.45, 2.75) is 6.92 Å². The van der Waals surface area contributed by atoms with Gasteiger partial charge < -0.3 is 4.57 Å². The summed E-state index contributed by atoms with van der Waals surface area (Å²) in [6, 6.07) is 14.4. The van der Waals surface area contributed by atoms with E-state index in [1.54, 1.807) is 12.1 Å². The van der Waals surface area contributed by atoms with Crippen LogP contribution in [0.25, 0.3) is 10.9 Å². The number of hydrogen-bond acceptors (Lipinski definition) is 1. The van der Waals surface area contributed by atoms with Gasteiger partial charge in [0.05, 0.1) is 5.69 Å². The molecular weight excluding hydrogens is 251 g/mol. The first-order chi connectivity index (χ1) is 9.66. The van der Waals surface area contributed by atoms with Crippen LogP contribution in [0.4, 0.5) is 10.1 Å². The highest BCUT2D eigenvalue weighted by atomic mass is 19.1. The fourth-order valence-electron chi connectivity index (χ4n) is 2.38. The van der Waals surface area contributed by atoms with Crippen molar-refractivity contribution >= 4 is 22.8 Å². The zero-order valence-electron chi connectivity index (χ0n) is 11.5. The molecule has 20 heavy (non-hydrogen) atoms. The first-order valence-corrected chi connectivity index (χ1v) is 6.50. The molecule has 0 saturated heterocycles. The second-order valence-electron chi connectivity index (χ2n) is 4.81. The number of aromatic nitrogens is 1. The molecule has 0 unspecified atom stereocenters. The topological polar surface area (TPSA) is 17.3 Å². The molecule has 100 valence electrons. The summed E-state index contributed by atoms with van der Waals surface area (Å²) >= 11 is 0. The Bertz CT molecular complexity index is 783. The fourth-order valence-corrected chi connectivity index (χ4v) is 2.38. The SMILES string of the molecule is Cc1c(C=Nc2ccc(F)cc2)c2ccccc2n1C. The lowest BCUT2D eigenvalue weighted by Crippen LogP contribution is -1.91. The third-order valence-electron chi connectivity index (χ3n) is 3.62. The maximum atomic E-state index is 12.9. The monoisotopic (exact) mass is 266 g/mol. The minimum Gasteiger partial charge on any atom is -0.347 e. The number of fused-ring (bicyclic) bond motifs is 1. The molecule has 3 rings (SSSR count). The molecular formula is C17H15FN2. The van der Waals surface area contributed by atoms with E-state index in [0.717, 1.165) is 16.9 Å². The molecule has 0 saturated carbocycles. The number of aliphatic imine (C=N–C) groups is 1. The van der Waals surface area contributed by atoms with Crippen molar-refractivity contribution in [3.63, 3.8) is 0 Å². The molecule has 0 aliphatic rings. The smallest absolute Gasteiger partial charge is 0.123 e. The summed E-state index contributed by atoms with van der Waals surface area (Å²) in [7, 11) is 2.05. The average Bonchev–Trinajstić information content (AvgIpc) is 2.71. The van der Waals surface area contributed by atoms with Crippen LogP contribution < -0.4 is 0 Å². The maximum absolute atomic E-state index is 12.9. The lowest BCUT2D eigenvalue weighted by molar-refractivity contribution is 0.628. The van der Waals surface area contributed by atoms with Gasteiger partial charge in [-0.2, -0.15) is 0 Å². The molecule has 2 nitrogen and oxygen atoms in total. The lowest BCUT2D eigenvalue weighted by Gasteiger charge is -1.97. The molecule has 1 heterocycles. The van der Waals surface area contributed by atoms with Crippen LogP contribution >= 0.6 is 0 Å². The van der Waals surface area contributed by atoms with Gasteiger partial charge in [-0.25, -0.2) is 4.39 Å². The zero-order valence-corrected chi connectivity index (χ0v) is 11.5. The number of rotatable bonds is 2. The van der Waals surface area contributed by atoms with Crippen LogP contribution in [0.1, 0.15) is 11.3 Å². The van der Waals surface area contributed by atoms with E-state index in [-0.39, 0.29) is 5.82 Å². The lowest BCUT2D eigenvalue weighted by atomic mass is 10.1. The summed E-state index contributed by atoms with van der Waals surface area (Å²) in [4.78, 5) is 4.44. The van der Waals surface area contributed by atoms with Gasteiger partial charge in [-0.1, -0.05) is 18.2 Å². The molecule has 0 atom stereocenters. The normalized spacial score (nSPS) is 11.6. The number of aryl methyl sites for hydroxylation is 1. The molecule has 0 N–H and O–H groups in total. The van der Waals surface area contributed by atoms with Gasteiger partial charge in [0.2, 0.25) is 0 Å². The molecule has 0 radical (unpaired) electrons. The molecule has 1 aromatic heterocycles. The van der Waals surface area contributed by atoms with Gasteiger partial charge in [0.25, 0.3) is 0 Å². The van der Waals surface area contributed by atoms with E-state index in [4.69, 9.17) is 0 Å². The van der Waals surface area contributed by atoms with E-state index in [2.05, 4.69) is 28.6 Å². The molecule has 0 aliphatic heterocycles. The van der Waals surface area contributed by atoms with Crippen LogP contribution in [-0.4, -0.2) is 10.8 Å².